The number of alkyl halides is 3. The summed E-state index contributed by atoms with van der Waals surface area (Å²) >= 11 is 0. The molecular weight excluding hydrogens is 393 g/mol. The number of nitrogens with zero attached hydrogens (tertiary/aromatic N) is 5. The number of carbonyl (C=O) groups is 2. The van der Waals surface area contributed by atoms with Gasteiger partial charge in [-0.15, -0.1) is 15.3 Å². The van der Waals surface area contributed by atoms with E-state index in [1.54, 1.807) is 6.07 Å². The molecule has 0 atom stereocenters. The van der Waals surface area contributed by atoms with E-state index >= 15 is 0 Å². The maximum absolute atomic E-state index is 13.0. The van der Waals surface area contributed by atoms with Crippen LogP contribution in [0.1, 0.15) is 31.5 Å². The molecule has 1 aliphatic heterocycles. The number of hydrogen-bond donors (Lipinski definition) is 1. The first-order valence-electron chi connectivity index (χ1n) is 9.18. The van der Waals surface area contributed by atoms with Crippen molar-refractivity contribution in [2.45, 2.75) is 31.9 Å². The zero-order chi connectivity index (χ0) is 21.0. The highest BCUT2D eigenvalue weighted by Gasteiger charge is 2.38. The molecule has 0 aromatic carbocycles. The summed E-state index contributed by atoms with van der Waals surface area (Å²) in [5, 5.41) is 13.5. The largest absolute Gasteiger partial charge is 0.469 e. The highest BCUT2D eigenvalue weighted by Crippen LogP contribution is 2.28. The number of nitrogens with one attached hydrogen (secondary N) is 1. The maximum atomic E-state index is 13.0. The minimum atomic E-state index is -4.65. The van der Waals surface area contributed by atoms with E-state index in [0.29, 0.717) is 49.2 Å². The number of hydrogen-bond acceptors (Lipinski definition) is 7. The number of aromatic nitrogens is 4. The summed E-state index contributed by atoms with van der Waals surface area (Å²) in [5.74, 6) is -1.39. The number of halogens is 3. The van der Waals surface area contributed by atoms with Crippen LogP contribution in [0, 0.1) is 5.92 Å². The number of anilines is 1. The Labute approximate surface area is 164 Å². The van der Waals surface area contributed by atoms with Crippen LogP contribution >= 0.6 is 0 Å². The van der Waals surface area contributed by atoms with E-state index in [9.17, 15) is 22.8 Å². The van der Waals surface area contributed by atoms with Gasteiger partial charge in [-0.05, 0) is 31.4 Å². The molecule has 0 aliphatic carbocycles. The number of piperidine rings is 1. The van der Waals surface area contributed by atoms with Crippen molar-refractivity contribution < 1.29 is 27.5 Å². The van der Waals surface area contributed by atoms with E-state index in [1.807, 2.05) is 4.90 Å². The van der Waals surface area contributed by atoms with Crippen LogP contribution in [0.3, 0.4) is 0 Å². The summed E-state index contributed by atoms with van der Waals surface area (Å²) in [6.07, 6.45) is -2.80. The van der Waals surface area contributed by atoms with E-state index in [-0.39, 0.29) is 29.9 Å². The van der Waals surface area contributed by atoms with Gasteiger partial charge in [0.25, 0.3) is 5.82 Å². The highest BCUT2D eigenvalue weighted by atomic mass is 19.4. The fraction of sp³-hybridized carbons (Fsp3) is 0.588. The van der Waals surface area contributed by atoms with Crippen LogP contribution in [-0.4, -0.2) is 58.4 Å². The molecule has 12 heteroatoms. The van der Waals surface area contributed by atoms with Crippen LogP contribution in [-0.2, 0) is 20.5 Å². The van der Waals surface area contributed by atoms with Crippen molar-refractivity contribution in [3.63, 3.8) is 0 Å². The van der Waals surface area contributed by atoms with Gasteiger partial charge in [-0.25, -0.2) is 0 Å². The molecule has 1 N–H and O–H groups in total. The fourth-order valence-electron chi connectivity index (χ4n) is 3.19. The van der Waals surface area contributed by atoms with Crippen molar-refractivity contribution in [3.05, 3.63) is 18.0 Å². The number of carbonyl (C=O) groups excluding carboxylic acids is 2. The third kappa shape index (κ3) is 4.93. The summed E-state index contributed by atoms with van der Waals surface area (Å²) in [6, 6.07) is 3.03. The van der Waals surface area contributed by atoms with Gasteiger partial charge in [0.1, 0.15) is 5.82 Å². The Morgan fingerprint density at radius 1 is 1.24 bits per heavy atom. The van der Waals surface area contributed by atoms with E-state index in [0.717, 1.165) is 0 Å². The molecule has 158 valence electrons. The van der Waals surface area contributed by atoms with Crippen LogP contribution in [0.4, 0.5) is 19.0 Å². The molecule has 0 unspecified atom stereocenters. The van der Waals surface area contributed by atoms with Crippen molar-refractivity contribution in [1.29, 1.82) is 0 Å². The van der Waals surface area contributed by atoms with Crippen molar-refractivity contribution in [3.8, 4) is 0 Å². The van der Waals surface area contributed by atoms with Gasteiger partial charge in [0.15, 0.2) is 5.65 Å². The normalized spacial score (nSPS) is 15.5. The Bertz CT molecular complexity index is 877. The number of methoxy groups -OCH3 is 1. The molecule has 9 nitrogen and oxygen atoms in total. The minimum absolute atomic E-state index is 0.0160. The maximum Gasteiger partial charge on any atom is 0.453 e. The molecule has 2 aromatic heterocycles. The molecule has 3 rings (SSSR count). The van der Waals surface area contributed by atoms with Crippen LogP contribution in [0.2, 0.25) is 0 Å². The zero-order valence-corrected chi connectivity index (χ0v) is 15.8. The predicted molar refractivity (Wildman–Crippen MR) is 95.0 cm³/mol. The topological polar surface area (TPSA) is 102 Å². The van der Waals surface area contributed by atoms with Crippen molar-refractivity contribution in [1.82, 2.24) is 25.1 Å². The lowest BCUT2D eigenvalue weighted by Gasteiger charge is -2.32. The first kappa shape index (κ1) is 20.8. The lowest BCUT2D eigenvalue weighted by molar-refractivity contribution is -0.146. The molecule has 2 aromatic rings. The molecular formula is C17H21F3N6O3. The monoisotopic (exact) mass is 414 g/mol. The molecule has 1 fully saturated rings. The Kier molecular flexibility index (Phi) is 6.18. The standard InChI is InChI=1S/C17H21F3N6O3/c1-29-14(27)3-2-8-21-15(28)11-6-9-25(10-7-11)13-5-4-12-22-23-16(17(18,19)20)26(12)24-13/h4-5,11H,2-3,6-10H2,1H3,(H,21,28). The lowest BCUT2D eigenvalue weighted by atomic mass is 9.96. The van der Waals surface area contributed by atoms with Crippen molar-refractivity contribution in [2.24, 2.45) is 5.92 Å². The van der Waals surface area contributed by atoms with Crippen LogP contribution in [0.25, 0.3) is 5.65 Å². The molecule has 3 heterocycles. The van der Waals surface area contributed by atoms with Gasteiger partial charge < -0.3 is 15.0 Å². The number of fused-ring (bicyclic) bond motifs is 1. The lowest BCUT2D eigenvalue weighted by Crippen LogP contribution is -2.41. The smallest absolute Gasteiger partial charge is 0.453 e. The molecule has 29 heavy (non-hydrogen) atoms. The zero-order valence-electron chi connectivity index (χ0n) is 15.8. The Balaban J connectivity index is 1.55. The van der Waals surface area contributed by atoms with E-state index in [4.69, 9.17) is 0 Å². The first-order valence-corrected chi connectivity index (χ1v) is 9.18. The van der Waals surface area contributed by atoms with Gasteiger partial charge in [-0.3, -0.25) is 9.59 Å². The molecule has 0 radical (unpaired) electrons. The Hall–Kier alpha value is -2.92. The molecule has 0 saturated carbocycles. The summed E-state index contributed by atoms with van der Waals surface area (Å²) < 4.78 is 44.3. The van der Waals surface area contributed by atoms with Gasteiger partial charge in [0.2, 0.25) is 5.91 Å². The van der Waals surface area contributed by atoms with Gasteiger partial charge in [0, 0.05) is 32.0 Å². The molecule has 0 bridgehead atoms. The second-order valence-electron chi connectivity index (χ2n) is 6.71. The number of amides is 1. The van der Waals surface area contributed by atoms with Crippen LogP contribution < -0.4 is 10.2 Å². The second-order valence-corrected chi connectivity index (χ2v) is 6.71. The fourth-order valence-corrected chi connectivity index (χ4v) is 3.19. The number of rotatable bonds is 6. The highest BCUT2D eigenvalue weighted by molar-refractivity contribution is 5.79. The van der Waals surface area contributed by atoms with Crippen molar-refractivity contribution >= 4 is 23.3 Å². The Morgan fingerprint density at radius 2 is 1.97 bits per heavy atom. The third-order valence-corrected chi connectivity index (χ3v) is 4.78. The van der Waals surface area contributed by atoms with Crippen LogP contribution in [0.15, 0.2) is 12.1 Å². The summed E-state index contributed by atoms with van der Waals surface area (Å²) in [7, 11) is 1.31. The molecule has 1 saturated heterocycles. The summed E-state index contributed by atoms with van der Waals surface area (Å²) in [5.41, 5.74) is 0.0160. The minimum Gasteiger partial charge on any atom is -0.469 e. The SMILES string of the molecule is COC(=O)CCCNC(=O)C1CCN(c2ccc3nnc(C(F)(F)F)n3n2)CC1. The van der Waals surface area contributed by atoms with Gasteiger partial charge in [-0.2, -0.15) is 17.7 Å². The molecule has 0 spiro atoms. The molecule has 1 amide bonds. The average Bonchev–Trinajstić information content (AvgIpc) is 3.14. The summed E-state index contributed by atoms with van der Waals surface area (Å²) in [6.45, 7) is 1.37. The summed E-state index contributed by atoms with van der Waals surface area (Å²) in [4.78, 5) is 25.1. The Morgan fingerprint density at radius 3 is 2.62 bits per heavy atom. The van der Waals surface area contributed by atoms with E-state index < -0.39 is 12.0 Å². The van der Waals surface area contributed by atoms with Gasteiger partial charge >= 0.3 is 12.1 Å². The van der Waals surface area contributed by atoms with Gasteiger partial charge in [0.05, 0.1) is 7.11 Å². The van der Waals surface area contributed by atoms with Crippen molar-refractivity contribution in [2.75, 3.05) is 31.6 Å². The predicted octanol–water partition coefficient (Wildman–Crippen LogP) is 1.43. The third-order valence-electron chi connectivity index (χ3n) is 4.78. The first-order chi connectivity index (χ1) is 13.8. The number of esters is 1. The van der Waals surface area contributed by atoms with Crippen LogP contribution in [0.5, 0.6) is 0 Å². The second kappa shape index (κ2) is 8.62. The average molecular weight is 414 g/mol. The number of ether oxygens (including phenoxy) is 1. The van der Waals surface area contributed by atoms with Gasteiger partial charge in [-0.1, -0.05) is 0 Å². The molecule has 1 aliphatic rings. The van der Waals surface area contributed by atoms with E-state index in [1.165, 1.54) is 13.2 Å². The van der Waals surface area contributed by atoms with E-state index in [2.05, 4.69) is 25.3 Å². The quantitative estimate of drug-likeness (QED) is 0.564.